The molecule has 0 saturated carbocycles. The molecule has 0 radical (unpaired) electrons. The summed E-state index contributed by atoms with van der Waals surface area (Å²) in [6, 6.07) is 48.6. The number of nitrogens with zero attached hydrogens (tertiary/aromatic N) is 6. The Hall–Kier alpha value is -9.10. The second-order valence-electron chi connectivity index (χ2n) is 15.6. The quantitative estimate of drug-likeness (QED) is 0.161. The van der Waals surface area contributed by atoms with Crippen molar-refractivity contribution in [3.8, 4) is 69.0 Å². The third kappa shape index (κ3) is 6.65. The molecule has 0 N–H and O–H groups in total. The number of hydrogen-bond acceptors (Lipinski definition) is 4. The standard InChI is InChI=1S/C54H26F6N6/c55-53(56,57)38-7-5-6-35(22-38)52-50(65-46-10-3-1-8-42(46)44-18-14-33(23-48(44)65)40-16-12-31(27-61)20-36(40)29-63)25-39(54(58,59)60)26-51(52)66-47-11-4-2-9-43(47)45-19-15-34(24-49(45)66)41-17-13-32(28-62)21-37(41)30-64/h1-26H. The van der Waals surface area contributed by atoms with Gasteiger partial charge in [-0.2, -0.15) is 47.4 Å². The molecule has 2 aromatic heterocycles. The van der Waals surface area contributed by atoms with Crippen molar-refractivity contribution >= 4 is 43.6 Å². The minimum absolute atomic E-state index is 0.0227. The molecule has 0 bridgehead atoms. The van der Waals surface area contributed by atoms with E-state index in [0.717, 1.165) is 24.3 Å². The lowest BCUT2D eigenvalue weighted by atomic mass is 9.95. The molecule has 12 heteroatoms. The van der Waals surface area contributed by atoms with Crippen LogP contribution in [0.5, 0.6) is 0 Å². The summed E-state index contributed by atoms with van der Waals surface area (Å²) in [7, 11) is 0. The van der Waals surface area contributed by atoms with Gasteiger partial charge in [0, 0.05) is 27.1 Å². The highest BCUT2D eigenvalue weighted by atomic mass is 19.4. The molecule has 66 heavy (non-hydrogen) atoms. The number of benzene rings is 8. The summed E-state index contributed by atoms with van der Waals surface area (Å²) in [6.07, 6.45) is -9.77. The maximum absolute atomic E-state index is 15.6. The van der Waals surface area contributed by atoms with Gasteiger partial charge < -0.3 is 9.13 Å². The van der Waals surface area contributed by atoms with E-state index in [0.29, 0.717) is 65.9 Å². The predicted octanol–water partition coefficient (Wildman–Crippen LogP) is 14.4. The van der Waals surface area contributed by atoms with Crippen LogP contribution in [0, 0.1) is 45.3 Å². The summed E-state index contributed by atoms with van der Waals surface area (Å²) in [5.74, 6) is 0. The summed E-state index contributed by atoms with van der Waals surface area (Å²) < 4.78 is 94.1. The van der Waals surface area contributed by atoms with Gasteiger partial charge in [0.05, 0.1) is 91.1 Å². The zero-order valence-corrected chi connectivity index (χ0v) is 34.0. The third-order valence-electron chi connectivity index (χ3n) is 11.9. The van der Waals surface area contributed by atoms with Crippen molar-refractivity contribution < 1.29 is 26.3 Å². The monoisotopic (exact) mass is 872 g/mol. The van der Waals surface area contributed by atoms with Crippen LogP contribution in [-0.4, -0.2) is 9.13 Å². The number of hydrogen-bond donors (Lipinski definition) is 0. The molecule has 314 valence electrons. The Bertz CT molecular complexity index is 3650. The fraction of sp³-hybridized carbons (Fsp3) is 0.0370. The molecule has 0 atom stereocenters. The molecular formula is C54H26F6N6. The van der Waals surface area contributed by atoms with Crippen LogP contribution in [0.25, 0.3) is 88.4 Å². The zero-order chi connectivity index (χ0) is 46.1. The molecule has 0 aliphatic heterocycles. The highest BCUT2D eigenvalue weighted by Crippen LogP contribution is 2.47. The molecular weight excluding hydrogens is 847 g/mol. The van der Waals surface area contributed by atoms with Crippen LogP contribution in [0.3, 0.4) is 0 Å². The first-order chi connectivity index (χ1) is 31.8. The Balaban J connectivity index is 1.38. The Morgan fingerprint density at radius 3 is 1.26 bits per heavy atom. The minimum atomic E-state index is -4.96. The summed E-state index contributed by atoms with van der Waals surface area (Å²) in [5, 5.41) is 41.9. The van der Waals surface area contributed by atoms with E-state index in [1.54, 1.807) is 106 Å². The van der Waals surface area contributed by atoms with E-state index in [1.165, 1.54) is 24.3 Å². The number of nitriles is 4. The van der Waals surface area contributed by atoms with Gasteiger partial charge in [-0.05, 0) is 101 Å². The average molecular weight is 873 g/mol. The number of fused-ring (bicyclic) bond motifs is 6. The van der Waals surface area contributed by atoms with Gasteiger partial charge in [0.25, 0.3) is 0 Å². The summed E-state index contributed by atoms with van der Waals surface area (Å²) in [5.41, 5.74) is 2.31. The first-order valence-electron chi connectivity index (χ1n) is 20.2. The van der Waals surface area contributed by atoms with Crippen LogP contribution in [0.2, 0.25) is 0 Å². The Labute approximate surface area is 371 Å². The predicted molar refractivity (Wildman–Crippen MR) is 240 cm³/mol. The fourth-order valence-corrected chi connectivity index (χ4v) is 8.99. The van der Waals surface area contributed by atoms with Gasteiger partial charge >= 0.3 is 12.4 Å². The van der Waals surface area contributed by atoms with E-state index < -0.39 is 23.5 Å². The Morgan fingerprint density at radius 2 is 0.818 bits per heavy atom. The lowest BCUT2D eigenvalue weighted by Crippen LogP contribution is -2.11. The van der Waals surface area contributed by atoms with Crippen LogP contribution in [-0.2, 0) is 12.4 Å². The van der Waals surface area contributed by atoms with Gasteiger partial charge in [-0.1, -0.05) is 84.9 Å². The number of alkyl halides is 6. The topological polar surface area (TPSA) is 105 Å². The maximum Gasteiger partial charge on any atom is 0.416 e. The van der Waals surface area contributed by atoms with Gasteiger partial charge in [-0.3, -0.25) is 0 Å². The highest BCUT2D eigenvalue weighted by molar-refractivity contribution is 6.13. The van der Waals surface area contributed by atoms with Crippen molar-refractivity contribution in [2.24, 2.45) is 0 Å². The van der Waals surface area contributed by atoms with Gasteiger partial charge in [0.1, 0.15) is 0 Å². The minimum Gasteiger partial charge on any atom is -0.309 e. The fourth-order valence-electron chi connectivity index (χ4n) is 8.99. The van der Waals surface area contributed by atoms with Crippen LogP contribution in [0.15, 0.2) is 158 Å². The van der Waals surface area contributed by atoms with Crippen molar-refractivity contribution in [1.82, 2.24) is 9.13 Å². The third-order valence-corrected chi connectivity index (χ3v) is 11.9. The Morgan fingerprint density at radius 1 is 0.364 bits per heavy atom. The maximum atomic E-state index is 15.6. The van der Waals surface area contributed by atoms with Gasteiger partial charge in [-0.25, -0.2) is 0 Å². The molecule has 10 rings (SSSR count). The lowest BCUT2D eigenvalue weighted by Gasteiger charge is -2.23. The molecule has 0 aliphatic carbocycles. The normalized spacial score (nSPS) is 11.7. The van der Waals surface area contributed by atoms with Crippen molar-refractivity contribution in [3.05, 3.63) is 191 Å². The van der Waals surface area contributed by atoms with Gasteiger partial charge in [-0.15, -0.1) is 0 Å². The van der Waals surface area contributed by atoms with Crippen LogP contribution in [0.1, 0.15) is 33.4 Å². The molecule has 0 saturated heterocycles. The number of para-hydroxylation sites is 2. The highest BCUT2D eigenvalue weighted by Gasteiger charge is 2.36. The number of halogens is 6. The van der Waals surface area contributed by atoms with E-state index in [2.05, 4.69) is 12.1 Å². The van der Waals surface area contributed by atoms with Gasteiger partial charge in [0.2, 0.25) is 0 Å². The summed E-state index contributed by atoms with van der Waals surface area (Å²) in [6.45, 7) is 0. The van der Waals surface area contributed by atoms with E-state index in [1.807, 2.05) is 24.3 Å². The molecule has 0 aliphatic rings. The van der Waals surface area contributed by atoms with E-state index >= 15 is 13.2 Å². The van der Waals surface area contributed by atoms with Crippen molar-refractivity contribution in [2.45, 2.75) is 12.4 Å². The molecule has 10 aromatic rings. The SMILES string of the molecule is N#Cc1ccc(-c2ccc3c4ccccc4n(-c4cc(C(F)(F)F)cc(-n5c6ccccc6c6ccc(-c7ccc(C#N)cc7C#N)cc65)c4-c4cccc(C(F)(F)F)c4)c3c2)c(C#N)c1. The molecule has 8 aromatic carbocycles. The van der Waals surface area contributed by atoms with Crippen LogP contribution >= 0.6 is 0 Å². The van der Waals surface area contributed by atoms with Crippen LogP contribution < -0.4 is 0 Å². The number of aromatic nitrogens is 2. The van der Waals surface area contributed by atoms with Crippen molar-refractivity contribution in [2.75, 3.05) is 0 Å². The largest absolute Gasteiger partial charge is 0.416 e. The average Bonchev–Trinajstić information content (AvgIpc) is 3.84. The first kappa shape index (κ1) is 40.9. The van der Waals surface area contributed by atoms with E-state index in [9.17, 15) is 34.2 Å². The van der Waals surface area contributed by atoms with Crippen molar-refractivity contribution in [1.29, 1.82) is 21.0 Å². The molecule has 0 amide bonds. The molecule has 0 fully saturated rings. The molecule has 0 unspecified atom stereocenters. The van der Waals surface area contributed by atoms with E-state index in [-0.39, 0.29) is 44.8 Å². The summed E-state index contributed by atoms with van der Waals surface area (Å²) >= 11 is 0. The first-order valence-corrected chi connectivity index (χ1v) is 20.2. The van der Waals surface area contributed by atoms with Gasteiger partial charge in [0.15, 0.2) is 0 Å². The smallest absolute Gasteiger partial charge is 0.309 e. The zero-order valence-electron chi connectivity index (χ0n) is 34.0. The van der Waals surface area contributed by atoms with E-state index in [4.69, 9.17) is 0 Å². The lowest BCUT2D eigenvalue weighted by molar-refractivity contribution is -0.138. The van der Waals surface area contributed by atoms with Crippen LogP contribution in [0.4, 0.5) is 26.3 Å². The Kier molecular flexibility index (Phi) is 9.50. The second kappa shape index (κ2) is 15.3. The number of rotatable bonds is 5. The summed E-state index contributed by atoms with van der Waals surface area (Å²) in [4.78, 5) is 0. The van der Waals surface area contributed by atoms with Crippen molar-refractivity contribution in [3.63, 3.8) is 0 Å². The second-order valence-corrected chi connectivity index (χ2v) is 15.6. The molecule has 0 spiro atoms. The molecule has 6 nitrogen and oxygen atoms in total. The molecule has 2 heterocycles.